The van der Waals surface area contributed by atoms with Gasteiger partial charge in [0.05, 0.1) is 10.5 Å². The quantitative estimate of drug-likeness (QED) is 0.501. The summed E-state index contributed by atoms with van der Waals surface area (Å²) >= 11 is 1.96. The molecule has 0 radical (unpaired) electrons. The molecule has 1 N–H and O–H groups in total. The first-order chi connectivity index (χ1) is 9.47. The number of benzene rings is 1. The number of aromatic nitrogens is 1. The van der Waals surface area contributed by atoms with Crippen LogP contribution in [0.5, 0.6) is 0 Å². The summed E-state index contributed by atoms with van der Waals surface area (Å²) in [6.45, 7) is 1.89. The summed E-state index contributed by atoms with van der Waals surface area (Å²) < 4.78 is 0.637. The third-order valence-corrected chi connectivity index (χ3v) is 3.50. The summed E-state index contributed by atoms with van der Waals surface area (Å²) in [5.74, 6) is -0.0163. The normalized spacial score (nSPS) is 10.1. The van der Waals surface area contributed by atoms with Gasteiger partial charge in [-0.15, -0.1) is 0 Å². The van der Waals surface area contributed by atoms with Crippen molar-refractivity contribution in [2.45, 2.75) is 6.92 Å². The van der Waals surface area contributed by atoms with Crippen molar-refractivity contribution in [2.24, 2.45) is 0 Å². The van der Waals surface area contributed by atoms with Crippen LogP contribution in [0.2, 0.25) is 0 Å². The number of anilines is 1. The second-order valence-corrected chi connectivity index (χ2v) is 5.26. The number of nitro benzene ring substituents is 1. The van der Waals surface area contributed by atoms with Crippen LogP contribution in [0.1, 0.15) is 15.9 Å². The minimum absolute atomic E-state index is 0.118. The highest BCUT2D eigenvalue weighted by atomic mass is 127. The Kier molecular flexibility index (Phi) is 4.28. The zero-order valence-electron chi connectivity index (χ0n) is 10.5. The Balaban J connectivity index is 2.26. The first-order valence-electron chi connectivity index (χ1n) is 5.65. The fourth-order valence-corrected chi connectivity index (χ4v) is 2.11. The van der Waals surface area contributed by atoms with Crippen LogP contribution in [-0.2, 0) is 0 Å². The molecule has 6 nitrogen and oxygen atoms in total. The number of hydrogen-bond acceptors (Lipinski definition) is 4. The van der Waals surface area contributed by atoms with Crippen molar-refractivity contribution in [1.82, 2.24) is 4.98 Å². The van der Waals surface area contributed by atoms with Crippen LogP contribution in [0.3, 0.4) is 0 Å². The first kappa shape index (κ1) is 14.4. The summed E-state index contributed by atoms with van der Waals surface area (Å²) in [5, 5.41) is 13.4. The number of non-ortho nitro benzene ring substituents is 1. The molecule has 2 aromatic rings. The Labute approximate surface area is 128 Å². The van der Waals surface area contributed by atoms with Gasteiger partial charge in [-0.3, -0.25) is 14.9 Å². The smallest absolute Gasteiger partial charge is 0.270 e. The number of hydrogen-bond donors (Lipinski definition) is 1. The van der Waals surface area contributed by atoms with E-state index in [0.717, 1.165) is 5.56 Å². The van der Waals surface area contributed by atoms with Crippen molar-refractivity contribution in [3.8, 4) is 0 Å². The third-order valence-electron chi connectivity index (χ3n) is 2.56. The third kappa shape index (κ3) is 3.29. The number of amides is 1. The van der Waals surface area contributed by atoms with E-state index in [1.807, 2.05) is 35.6 Å². The van der Waals surface area contributed by atoms with Crippen molar-refractivity contribution < 1.29 is 9.72 Å². The highest BCUT2D eigenvalue weighted by molar-refractivity contribution is 14.1. The molecule has 20 heavy (non-hydrogen) atoms. The van der Waals surface area contributed by atoms with Crippen molar-refractivity contribution >= 4 is 40.0 Å². The maximum atomic E-state index is 12.1. The van der Waals surface area contributed by atoms with E-state index in [0.29, 0.717) is 9.39 Å². The molecular formula is C13H10IN3O3. The van der Waals surface area contributed by atoms with Gasteiger partial charge < -0.3 is 5.32 Å². The molecule has 2 rings (SSSR count). The molecule has 0 atom stereocenters. The number of pyridine rings is 1. The molecule has 0 aliphatic heterocycles. The van der Waals surface area contributed by atoms with Crippen molar-refractivity contribution in [2.75, 3.05) is 5.32 Å². The standard InChI is InChI=1S/C13H10IN3O3/c1-8-2-5-12(15-7-8)16-13(18)10-6-9(17(19)20)3-4-11(10)14/h2-7H,1H3,(H,15,16,18). The number of nitro groups is 1. The van der Waals surface area contributed by atoms with E-state index in [1.54, 1.807) is 12.3 Å². The second kappa shape index (κ2) is 5.95. The Bertz CT molecular complexity index is 671. The molecule has 1 aromatic carbocycles. The van der Waals surface area contributed by atoms with Crippen LogP contribution < -0.4 is 5.32 Å². The number of nitrogens with one attached hydrogen (secondary N) is 1. The summed E-state index contributed by atoms with van der Waals surface area (Å²) in [6, 6.07) is 7.66. The number of carbonyl (C=O) groups is 1. The van der Waals surface area contributed by atoms with E-state index in [2.05, 4.69) is 10.3 Å². The Morgan fingerprint density at radius 3 is 2.70 bits per heavy atom. The van der Waals surface area contributed by atoms with Gasteiger partial charge in [-0.25, -0.2) is 4.98 Å². The second-order valence-electron chi connectivity index (χ2n) is 4.10. The Morgan fingerprint density at radius 2 is 2.10 bits per heavy atom. The molecule has 1 amide bonds. The molecule has 0 unspecified atom stereocenters. The molecule has 0 spiro atoms. The number of rotatable bonds is 3. The molecule has 0 aliphatic carbocycles. The van der Waals surface area contributed by atoms with Crippen LogP contribution in [0.25, 0.3) is 0 Å². The Hall–Kier alpha value is -2.03. The molecule has 0 fully saturated rings. The minimum atomic E-state index is -0.531. The molecule has 7 heteroatoms. The summed E-state index contributed by atoms with van der Waals surface area (Å²) in [6.07, 6.45) is 1.63. The SMILES string of the molecule is Cc1ccc(NC(=O)c2cc([N+](=O)[O-])ccc2I)nc1. The van der Waals surface area contributed by atoms with E-state index >= 15 is 0 Å². The molecule has 102 valence electrons. The highest BCUT2D eigenvalue weighted by Crippen LogP contribution is 2.20. The van der Waals surface area contributed by atoms with Gasteiger partial charge in [-0.2, -0.15) is 0 Å². The van der Waals surface area contributed by atoms with Crippen LogP contribution in [0, 0.1) is 20.6 Å². The van der Waals surface area contributed by atoms with E-state index in [9.17, 15) is 14.9 Å². The van der Waals surface area contributed by atoms with Gasteiger partial charge in [-0.05, 0) is 47.2 Å². The van der Waals surface area contributed by atoms with Gasteiger partial charge in [0.2, 0.25) is 0 Å². The molecule has 0 saturated heterocycles. The van der Waals surface area contributed by atoms with Crippen LogP contribution >= 0.6 is 22.6 Å². The minimum Gasteiger partial charge on any atom is -0.307 e. The predicted molar refractivity (Wildman–Crippen MR) is 82.7 cm³/mol. The van der Waals surface area contributed by atoms with E-state index in [-0.39, 0.29) is 11.3 Å². The lowest BCUT2D eigenvalue weighted by molar-refractivity contribution is -0.384. The zero-order chi connectivity index (χ0) is 14.7. The average molecular weight is 383 g/mol. The molecule has 1 aromatic heterocycles. The Morgan fingerprint density at radius 1 is 1.35 bits per heavy atom. The molecule has 1 heterocycles. The zero-order valence-corrected chi connectivity index (χ0v) is 12.6. The molecule has 0 bridgehead atoms. The average Bonchev–Trinajstić information content (AvgIpc) is 2.41. The summed E-state index contributed by atoms with van der Waals surface area (Å²) in [5.41, 5.74) is 1.11. The molecule has 0 aliphatic rings. The van der Waals surface area contributed by atoms with Crippen molar-refractivity contribution in [3.63, 3.8) is 0 Å². The topological polar surface area (TPSA) is 85.1 Å². The van der Waals surface area contributed by atoms with Crippen LogP contribution in [-0.4, -0.2) is 15.8 Å². The van der Waals surface area contributed by atoms with Gasteiger partial charge >= 0.3 is 0 Å². The lowest BCUT2D eigenvalue weighted by atomic mass is 10.2. The molecular weight excluding hydrogens is 373 g/mol. The van der Waals surface area contributed by atoms with Crippen LogP contribution in [0.15, 0.2) is 36.5 Å². The number of nitrogens with zero attached hydrogens (tertiary/aromatic N) is 2. The van der Waals surface area contributed by atoms with E-state index in [4.69, 9.17) is 0 Å². The summed E-state index contributed by atoms with van der Waals surface area (Å²) in [7, 11) is 0. The van der Waals surface area contributed by atoms with Gasteiger partial charge in [0.1, 0.15) is 5.82 Å². The van der Waals surface area contributed by atoms with Gasteiger partial charge in [0.15, 0.2) is 0 Å². The predicted octanol–water partition coefficient (Wildman–Crippen LogP) is 3.16. The van der Waals surface area contributed by atoms with Crippen molar-refractivity contribution in [3.05, 3.63) is 61.3 Å². The van der Waals surface area contributed by atoms with Crippen LogP contribution in [0.4, 0.5) is 11.5 Å². The lowest BCUT2D eigenvalue weighted by Gasteiger charge is -2.06. The first-order valence-corrected chi connectivity index (χ1v) is 6.73. The van der Waals surface area contributed by atoms with Crippen molar-refractivity contribution in [1.29, 1.82) is 0 Å². The lowest BCUT2D eigenvalue weighted by Crippen LogP contribution is -2.14. The van der Waals surface area contributed by atoms with Gasteiger partial charge in [-0.1, -0.05) is 6.07 Å². The monoisotopic (exact) mass is 383 g/mol. The number of halogens is 1. The fourth-order valence-electron chi connectivity index (χ4n) is 1.53. The number of aryl methyl sites for hydroxylation is 1. The van der Waals surface area contributed by atoms with Gasteiger partial charge in [0, 0.05) is 21.9 Å². The largest absolute Gasteiger partial charge is 0.307 e. The maximum Gasteiger partial charge on any atom is 0.270 e. The number of carbonyl (C=O) groups excluding carboxylic acids is 1. The van der Waals surface area contributed by atoms with E-state index in [1.165, 1.54) is 18.2 Å². The fraction of sp³-hybridized carbons (Fsp3) is 0.0769. The van der Waals surface area contributed by atoms with Gasteiger partial charge in [0.25, 0.3) is 11.6 Å². The summed E-state index contributed by atoms with van der Waals surface area (Å²) in [4.78, 5) is 26.4. The molecule has 0 saturated carbocycles. The highest BCUT2D eigenvalue weighted by Gasteiger charge is 2.15. The maximum absolute atomic E-state index is 12.1. The van der Waals surface area contributed by atoms with E-state index < -0.39 is 10.8 Å².